The summed E-state index contributed by atoms with van der Waals surface area (Å²) in [6.07, 6.45) is 0.540. The largest absolute Gasteiger partial charge is 0.332 e. The van der Waals surface area contributed by atoms with Crippen LogP contribution in [0.15, 0.2) is 58.3 Å². The molecule has 26 heavy (non-hydrogen) atoms. The van der Waals surface area contributed by atoms with Gasteiger partial charge in [-0.25, -0.2) is 4.98 Å². The van der Waals surface area contributed by atoms with Crippen LogP contribution >= 0.6 is 0 Å². The lowest BCUT2D eigenvalue weighted by Crippen LogP contribution is -1.96. The van der Waals surface area contributed by atoms with Crippen LogP contribution in [0.3, 0.4) is 0 Å². The number of aryl methyl sites for hydroxylation is 1. The van der Waals surface area contributed by atoms with Gasteiger partial charge in [0.1, 0.15) is 0 Å². The maximum Gasteiger partial charge on any atom is 0.332 e. The predicted octanol–water partition coefficient (Wildman–Crippen LogP) is 3.78. The summed E-state index contributed by atoms with van der Waals surface area (Å²) < 4.78 is 70.3. The molecule has 0 saturated heterocycles. The van der Waals surface area contributed by atoms with Crippen LogP contribution in [-0.4, -0.2) is 21.8 Å². The van der Waals surface area contributed by atoms with E-state index < -0.39 is 30.2 Å². The van der Waals surface area contributed by atoms with Gasteiger partial charge in [0.05, 0.1) is 21.0 Å². The summed E-state index contributed by atoms with van der Waals surface area (Å²) in [6, 6.07) is 10.6. The molecule has 0 radical (unpaired) electrons. The maximum absolute atomic E-state index is 13.2. The quantitative estimate of drug-likeness (QED) is 0.626. The number of hydrogen-bond acceptors (Lipinski definition) is 5. The van der Waals surface area contributed by atoms with Crippen molar-refractivity contribution in [1.82, 2.24) is 4.98 Å². The fourth-order valence-electron chi connectivity index (χ4n) is 2.65. The third kappa shape index (κ3) is 3.58. The zero-order valence-electron chi connectivity index (χ0n) is 13.5. The van der Waals surface area contributed by atoms with Crippen molar-refractivity contribution in [3.8, 4) is 11.3 Å². The van der Waals surface area contributed by atoms with E-state index in [1.165, 1.54) is 24.3 Å². The van der Waals surface area contributed by atoms with Gasteiger partial charge in [0, 0.05) is 10.9 Å². The van der Waals surface area contributed by atoms with Crippen molar-refractivity contribution in [3.05, 3.63) is 54.1 Å². The van der Waals surface area contributed by atoms with Crippen molar-refractivity contribution in [3.63, 3.8) is 0 Å². The molecule has 0 atom stereocenters. The second-order valence-corrected chi connectivity index (χ2v) is 8.29. The van der Waals surface area contributed by atoms with Crippen LogP contribution < -0.4 is 0 Å². The van der Waals surface area contributed by atoms with Gasteiger partial charge in [0.25, 0.3) is 0 Å². The second kappa shape index (κ2) is 6.40. The Morgan fingerprint density at radius 1 is 0.846 bits per heavy atom. The average molecular weight is 397 g/mol. The lowest BCUT2D eigenvalue weighted by atomic mass is 10.0. The summed E-state index contributed by atoms with van der Waals surface area (Å²) in [7, 11) is -9.60. The van der Waals surface area contributed by atoms with Gasteiger partial charge in [-0.3, -0.25) is 0 Å². The first kappa shape index (κ1) is 18.4. The first-order valence-corrected chi connectivity index (χ1v) is 10.3. The average Bonchev–Trinajstić information content (AvgIpc) is 2.58. The van der Waals surface area contributed by atoms with Crippen LogP contribution in [0, 0.1) is 0 Å². The van der Waals surface area contributed by atoms with Gasteiger partial charge >= 0.3 is 20.4 Å². The van der Waals surface area contributed by atoms with Crippen LogP contribution in [0.4, 0.5) is 7.77 Å². The zero-order valence-corrected chi connectivity index (χ0v) is 15.1. The van der Waals surface area contributed by atoms with E-state index in [9.17, 15) is 24.6 Å². The van der Waals surface area contributed by atoms with E-state index in [0.29, 0.717) is 28.6 Å². The highest BCUT2D eigenvalue weighted by atomic mass is 32.3. The molecule has 2 aromatic carbocycles. The van der Waals surface area contributed by atoms with E-state index >= 15 is 0 Å². The third-order valence-corrected chi connectivity index (χ3v) is 5.61. The van der Waals surface area contributed by atoms with E-state index in [4.69, 9.17) is 0 Å². The van der Waals surface area contributed by atoms with Gasteiger partial charge in [0.15, 0.2) is 0 Å². The highest BCUT2D eigenvalue weighted by Gasteiger charge is 2.16. The number of benzene rings is 2. The fourth-order valence-corrected chi connectivity index (χ4v) is 3.61. The molecule has 0 aliphatic rings. The Bertz CT molecular complexity index is 1210. The van der Waals surface area contributed by atoms with Crippen molar-refractivity contribution in [1.29, 1.82) is 0 Å². The van der Waals surface area contributed by atoms with E-state index in [-0.39, 0.29) is 0 Å². The third-order valence-electron chi connectivity index (χ3n) is 3.96. The SMILES string of the molecule is CCc1cc(-c2ccc(S(=O)(=O)F)cc2)nc2ccc(S(=O)(=O)F)cc12. The molecule has 136 valence electrons. The molecule has 0 spiro atoms. The molecule has 9 heteroatoms. The summed E-state index contributed by atoms with van der Waals surface area (Å²) in [5.74, 6) is 0. The van der Waals surface area contributed by atoms with Gasteiger partial charge in [0.2, 0.25) is 0 Å². The Morgan fingerprint density at radius 3 is 1.96 bits per heavy atom. The number of halogens is 2. The van der Waals surface area contributed by atoms with Crippen molar-refractivity contribution in [2.75, 3.05) is 0 Å². The minimum absolute atomic E-state index is 0.438. The molecule has 1 heterocycles. The molecule has 0 bridgehead atoms. The van der Waals surface area contributed by atoms with Crippen LogP contribution in [0.25, 0.3) is 22.2 Å². The van der Waals surface area contributed by atoms with Gasteiger partial charge in [-0.15, -0.1) is 7.77 Å². The van der Waals surface area contributed by atoms with Crippen molar-refractivity contribution >= 4 is 31.3 Å². The van der Waals surface area contributed by atoms with Crippen LogP contribution in [-0.2, 0) is 26.9 Å². The lowest BCUT2D eigenvalue weighted by Gasteiger charge is -2.09. The van der Waals surface area contributed by atoms with E-state index in [1.54, 1.807) is 6.07 Å². The summed E-state index contributed by atoms with van der Waals surface area (Å²) in [6.45, 7) is 1.86. The Morgan fingerprint density at radius 2 is 1.42 bits per heavy atom. The Hall–Kier alpha value is -2.39. The van der Waals surface area contributed by atoms with Crippen LogP contribution in [0.5, 0.6) is 0 Å². The number of fused-ring (bicyclic) bond motifs is 1. The minimum atomic E-state index is -4.82. The Labute approximate surface area is 149 Å². The molecule has 0 amide bonds. The second-order valence-electron chi connectivity index (χ2n) is 5.60. The van der Waals surface area contributed by atoms with E-state index in [2.05, 4.69) is 4.98 Å². The normalized spacial score (nSPS) is 12.4. The molecule has 1 aromatic heterocycles. The van der Waals surface area contributed by atoms with Crippen LogP contribution in [0.2, 0.25) is 0 Å². The smallest absolute Gasteiger partial charge is 0.248 e. The van der Waals surface area contributed by atoms with Crippen LogP contribution in [0.1, 0.15) is 12.5 Å². The number of hydrogen-bond donors (Lipinski definition) is 0. The highest BCUT2D eigenvalue weighted by Crippen LogP contribution is 2.28. The lowest BCUT2D eigenvalue weighted by molar-refractivity contribution is 0.550. The number of aromatic nitrogens is 1. The Balaban J connectivity index is 2.16. The molecule has 0 fully saturated rings. The summed E-state index contributed by atoms with van der Waals surface area (Å²) in [4.78, 5) is 3.52. The number of nitrogens with zero attached hydrogens (tertiary/aromatic N) is 1. The topological polar surface area (TPSA) is 81.2 Å². The molecule has 3 rings (SSSR count). The molecular weight excluding hydrogens is 384 g/mol. The number of pyridine rings is 1. The highest BCUT2D eigenvalue weighted by molar-refractivity contribution is 7.86. The molecule has 0 unspecified atom stereocenters. The van der Waals surface area contributed by atoms with Crippen molar-refractivity contribution in [2.45, 2.75) is 23.1 Å². The van der Waals surface area contributed by atoms with Gasteiger partial charge in [-0.2, -0.15) is 16.8 Å². The van der Waals surface area contributed by atoms with E-state index in [1.807, 2.05) is 6.92 Å². The molecule has 5 nitrogen and oxygen atoms in total. The molecule has 0 aliphatic heterocycles. The summed E-state index contributed by atoms with van der Waals surface area (Å²) in [5, 5.41) is 0.512. The van der Waals surface area contributed by atoms with E-state index in [0.717, 1.165) is 23.8 Å². The maximum atomic E-state index is 13.2. The molecular formula is C17H13F2NO4S2. The van der Waals surface area contributed by atoms with Crippen molar-refractivity contribution < 1.29 is 24.6 Å². The van der Waals surface area contributed by atoms with Crippen molar-refractivity contribution in [2.24, 2.45) is 0 Å². The first-order valence-electron chi connectivity index (χ1n) is 7.53. The standard InChI is InChI=1S/C17H13F2NO4S2/c1-2-11-9-17(12-3-5-13(6-4-12)25(18,21)22)20-16-8-7-14(10-15(11)16)26(19,23)24/h3-10H,2H2,1H3. The molecule has 0 aliphatic carbocycles. The minimum Gasteiger partial charge on any atom is -0.248 e. The Kier molecular flexibility index (Phi) is 4.53. The zero-order chi connectivity index (χ0) is 19.1. The molecule has 0 saturated carbocycles. The van der Waals surface area contributed by atoms with Gasteiger partial charge in [-0.1, -0.05) is 19.1 Å². The molecule has 3 aromatic rings. The van der Waals surface area contributed by atoms with Gasteiger partial charge < -0.3 is 0 Å². The molecule has 0 N–H and O–H groups in total. The fraction of sp³-hybridized carbons (Fsp3) is 0.118. The summed E-state index contributed by atoms with van der Waals surface area (Å²) >= 11 is 0. The predicted molar refractivity (Wildman–Crippen MR) is 93.1 cm³/mol. The summed E-state index contributed by atoms with van der Waals surface area (Å²) in [5.41, 5.74) is 2.29. The number of rotatable bonds is 4. The monoisotopic (exact) mass is 397 g/mol. The van der Waals surface area contributed by atoms with Gasteiger partial charge in [-0.05, 0) is 48.4 Å². The first-order chi connectivity index (χ1) is 12.1.